The second-order valence-corrected chi connectivity index (χ2v) is 11.7. The molecule has 3 aromatic rings. The number of fused-ring (bicyclic) bond motifs is 1. The maximum atomic E-state index is 14.1. The van der Waals surface area contributed by atoms with E-state index in [2.05, 4.69) is 45.1 Å². The molecule has 3 amide bonds. The summed E-state index contributed by atoms with van der Waals surface area (Å²) in [5.74, 6) is -0.503. The van der Waals surface area contributed by atoms with Crippen molar-refractivity contribution in [3.8, 4) is 0 Å². The molecular formula is C29H38FN9O2. The summed E-state index contributed by atoms with van der Waals surface area (Å²) in [6, 6.07) is 4.66. The quantitative estimate of drug-likeness (QED) is 0.326. The second-order valence-electron chi connectivity index (χ2n) is 11.7. The highest BCUT2D eigenvalue weighted by Crippen LogP contribution is 2.30. The second kappa shape index (κ2) is 11.5. The number of likely N-dealkylation sites (tertiary alicyclic amines) is 1. The number of hydrogen-bond donors (Lipinski definition) is 4. The Balaban J connectivity index is 1.14. The van der Waals surface area contributed by atoms with Crippen molar-refractivity contribution >= 4 is 34.8 Å². The topological polar surface area (TPSA) is 129 Å². The number of carbonyl (C=O) groups excluding carboxylic acids is 2. The summed E-state index contributed by atoms with van der Waals surface area (Å²) in [5, 5.41) is 17.6. The molecule has 218 valence electrons. The van der Waals surface area contributed by atoms with Crippen molar-refractivity contribution in [2.75, 3.05) is 16.0 Å². The van der Waals surface area contributed by atoms with Gasteiger partial charge in [0, 0.05) is 42.5 Å². The molecule has 2 atom stereocenters. The van der Waals surface area contributed by atoms with Crippen molar-refractivity contribution in [2.45, 2.75) is 102 Å². The van der Waals surface area contributed by atoms with Gasteiger partial charge in [0.25, 0.3) is 5.91 Å². The lowest BCUT2D eigenvalue weighted by Crippen LogP contribution is -2.54. The monoisotopic (exact) mass is 563 g/mol. The minimum absolute atomic E-state index is 0.0404. The van der Waals surface area contributed by atoms with Crippen LogP contribution in [0, 0.1) is 5.82 Å². The van der Waals surface area contributed by atoms with Gasteiger partial charge in [-0.05, 0) is 77.7 Å². The fourth-order valence-corrected chi connectivity index (χ4v) is 6.07. The summed E-state index contributed by atoms with van der Waals surface area (Å²) in [6.07, 6.45) is 12.9. The summed E-state index contributed by atoms with van der Waals surface area (Å²) in [6.45, 7) is 4.28. The minimum Gasteiger partial charge on any atom is -0.379 e. The van der Waals surface area contributed by atoms with E-state index in [4.69, 9.17) is 5.10 Å². The lowest BCUT2D eigenvalue weighted by molar-refractivity contribution is 0.101. The lowest BCUT2D eigenvalue weighted by atomic mass is 9.91. The SMILES string of the molecule is C[C@@H]1CCC[C@H](C)N1C(=O)N[C@H]1CC[C@H](Nc2cc(NC3CC3)c3ncc(C(=O)Nc4ccncc4F)n3n2)CC1. The Morgan fingerprint density at radius 1 is 0.902 bits per heavy atom. The number of aromatic nitrogens is 4. The zero-order chi connectivity index (χ0) is 28.5. The molecular weight excluding hydrogens is 525 g/mol. The molecule has 3 fully saturated rings. The molecule has 1 saturated heterocycles. The number of anilines is 3. The summed E-state index contributed by atoms with van der Waals surface area (Å²) in [4.78, 5) is 36.3. The molecule has 41 heavy (non-hydrogen) atoms. The third-order valence-electron chi connectivity index (χ3n) is 8.49. The molecule has 4 N–H and O–H groups in total. The van der Waals surface area contributed by atoms with E-state index in [-0.39, 0.29) is 41.6 Å². The predicted octanol–water partition coefficient (Wildman–Crippen LogP) is 4.79. The van der Waals surface area contributed by atoms with E-state index >= 15 is 0 Å². The third kappa shape index (κ3) is 6.06. The molecule has 0 spiro atoms. The van der Waals surface area contributed by atoms with Crippen LogP contribution in [0.15, 0.2) is 30.7 Å². The van der Waals surface area contributed by atoms with Gasteiger partial charge >= 0.3 is 6.03 Å². The molecule has 3 aromatic heterocycles. The molecule has 12 heteroatoms. The van der Waals surface area contributed by atoms with E-state index in [1.54, 1.807) is 0 Å². The fourth-order valence-electron chi connectivity index (χ4n) is 6.07. The van der Waals surface area contributed by atoms with Crippen molar-refractivity contribution in [3.05, 3.63) is 42.2 Å². The van der Waals surface area contributed by atoms with Gasteiger partial charge < -0.3 is 26.2 Å². The number of urea groups is 1. The fraction of sp³-hybridized carbons (Fsp3) is 0.552. The van der Waals surface area contributed by atoms with Gasteiger partial charge in [0.05, 0.1) is 23.8 Å². The van der Waals surface area contributed by atoms with E-state index in [1.165, 1.54) is 29.4 Å². The molecule has 2 saturated carbocycles. The Morgan fingerprint density at radius 2 is 1.59 bits per heavy atom. The van der Waals surface area contributed by atoms with Crippen molar-refractivity contribution in [1.82, 2.24) is 29.8 Å². The molecule has 11 nitrogen and oxygen atoms in total. The van der Waals surface area contributed by atoms with E-state index in [0.717, 1.165) is 63.3 Å². The normalized spacial score (nSPS) is 24.6. The smallest absolute Gasteiger partial charge is 0.318 e. The van der Waals surface area contributed by atoms with Gasteiger partial charge in [-0.25, -0.2) is 18.7 Å². The average molecular weight is 564 g/mol. The predicted molar refractivity (Wildman–Crippen MR) is 155 cm³/mol. The first-order valence-electron chi connectivity index (χ1n) is 14.8. The maximum Gasteiger partial charge on any atom is 0.318 e. The van der Waals surface area contributed by atoms with Crippen LogP contribution in [0.3, 0.4) is 0 Å². The summed E-state index contributed by atoms with van der Waals surface area (Å²) >= 11 is 0. The number of hydrogen-bond acceptors (Lipinski definition) is 7. The van der Waals surface area contributed by atoms with Gasteiger partial charge in [-0.3, -0.25) is 9.78 Å². The number of halogens is 1. The first-order valence-corrected chi connectivity index (χ1v) is 14.8. The Hall–Kier alpha value is -3.96. The summed E-state index contributed by atoms with van der Waals surface area (Å²) in [7, 11) is 0. The van der Waals surface area contributed by atoms with E-state index in [9.17, 15) is 14.0 Å². The Kier molecular flexibility index (Phi) is 7.63. The van der Waals surface area contributed by atoms with E-state index in [1.807, 2.05) is 11.0 Å². The van der Waals surface area contributed by atoms with Crippen molar-refractivity contribution in [1.29, 1.82) is 0 Å². The number of imidazole rings is 1. The van der Waals surface area contributed by atoms with Crippen LogP contribution in [0.4, 0.5) is 26.4 Å². The first kappa shape index (κ1) is 27.2. The number of nitrogens with one attached hydrogen (secondary N) is 4. The number of nitrogens with zero attached hydrogens (tertiary/aromatic N) is 5. The standard InChI is InChI=1S/C29H38FN9O2/c1-17-4-3-5-18(2)38(17)29(41)35-21-10-8-20(9-11-21)34-26-14-24(33-19-6-7-19)27-32-16-25(39(27)37-26)28(40)36-23-12-13-31-15-22(23)30/h12-21,33H,3-11H2,1-2H3,(H,34,37)(H,35,41)(H,31,36,40)/t17-,18+,20-,21-. The van der Waals surface area contributed by atoms with Crippen molar-refractivity contribution < 1.29 is 14.0 Å². The lowest BCUT2D eigenvalue weighted by Gasteiger charge is -2.40. The highest BCUT2D eigenvalue weighted by molar-refractivity contribution is 6.03. The Bertz CT molecular complexity index is 1410. The molecule has 0 unspecified atom stereocenters. The third-order valence-corrected chi connectivity index (χ3v) is 8.49. The molecule has 0 radical (unpaired) electrons. The van der Waals surface area contributed by atoms with Crippen LogP contribution in [-0.4, -0.2) is 66.6 Å². The van der Waals surface area contributed by atoms with Gasteiger partial charge in [-0.15, -0.1) is 5.10 Å². The zero-order valence-electron chi connectivity index (χ0n) is 23.6. The number of carbonyl (C=O) groups is 2. The van der Waals surface area contributed by atoms with Gasteiger partial charge in [0.15, 0.2) is 17.2 Å². The number of pyridine rings is 1. The van der Waals surface area contributed by atoms with Crippen LogP contribution in [0.25, 0.3) is 5.65 Å². The Labute approximate surface area is 238 Å². The maximum absolute atomic E-state index is 14.1. The largest absolute Gasteiger partial charge is 0.379 e. The number of rotatable bonds is 7. The van der Waals surface area contributed by atoms with Gasteiger partial charge in [0.1, 0.15) is 5.82 Å². The Morgan fingerprint density at radius 3 is 2.29 bits per heavy atom. The molecule has 4 heterocycles. The van der Waals surface area contributed by atoms with Crippen molar-refractivity contribution in [2.24, 2.45) is 0 Å². The van der Waals surface area contributed by atoms with E-state index < -0.39 is 11.7 Å². The van der Waals surface area contributed by atoms with Crippen LogP contribution in [0.5, 0.6) is 0 Å². The van der Waals surface area contributed by atoms with Crippen LogP contribution in [0.1, 0.15) is 82.1 Å². The molecule has 0 aromatic carbocycles. The summed E-state index contributed by atoms with van der Waals surface area (Å²) in [5.41, 5.74) is 1.57. The van der Waals surface area contributed by atoms with Crippen LogP contribution in [-0.2, 0) is 0 Å². The van der Waals surface area contributed by atoms with E-state index in [0.29, 0.717) is 17.5 Å². The van der Waals surface area contributed by atoms with Gasteiger partial charge in [-0.2, -0.15) is 0 Å². The number of amides is 3. The molecule has 0 bridgehead atoms. The molecule has 6 rings (SSSR count). The summed E-state index contributed by atoms with van der Waals surface area (Å²) < 4.78 is 15.6. The molecule has 2 aliphatic carbocycles. The average Bonchev–Trinajstić information content (AvgIpc) is 3.66. The minimum atomic E-state index is -0.618. The van der Waals surface area contributed by atoms with Gasteiger partial charge in [-0.1, -0.05) is 0 Å². The highest BCUT2D eigenvalue weighted by atomic mass is 19.1. The van der Waals surface area contributed by atoms with Crippen molar-refractivity contribution in [3.63, 3.8) is 0 Å². The number of piperidine rings is 1. The first-order chi connectivity index (χ1) is 19.9. The van der Waals surface area contributed by atoms with Crippen LogP contribution in [0.2, 0.25) is 0 Å². The zero-order valence-corrected chi connectivity index (χ0v) is 23.6. The van der Waals surface area contributed by atoms with Crippen LogP contribution < -0.4 is 21.3 Å². The van der Waals surface area contributed by atoms with Gasteiger partial charge in [0.2, 0.25) is 0 Å². The van der Waals surface area contributed by atoms with Crippen LogP contribution >= 0.6 is 0 Å². The molecule has 1 aliphatic heterocycles. The highest BCUT2D eigenvalue weighted by Gasteiger charge is 2.31. The molecule has 3 aliphatic rings.